The van der Waals surface area contributed by atoms with E-state index in [-0.39, 0.29) is 0 Å². The van der Waals surface area contributed by atoms with Gasteiger partial charge in [0.15, 0.2) is 0 Å². The summed E-state index contributed by atoms with van der Waals surface area (Å²) in [5.41, 5.74) is 1.70. The highest BCUT2D eigenvalue weighted by molar-refractivity contribution is 5.88. The molecule has 1 amide bonds. The van der Waals surface area contributed by atoms with Crippen LogP contribution in [-0.4, -0.2) is 53.5 Å². The van der Waals surface area contributed by atoms with Gasteiger partial charge in [-0.15, -0.1) is 0 Å². The average molecular weight is 424 g/mol. The zero-order valence-electron chi connectivity index (χ0n) is 17.6. The number of hydrogen-bond donors (Lipinski definition) is 1. The predicted octanol–water partition coefficient (Wildman–Crippen LogP) is 3.24. The van der Waals surface area contributed by atoms with E-state index in [1.807, 2.05) is 60.7 Å². The second kappa shape index (κ2) is 10.1. The van der Waals surface area contributed by atoms with Gasteiger partial charge in [-0.25, -0.2) is 4.79 Å². The summed E-state index contributed by atoms with van der Waals surface area (Å²) in [6.45, 7) is 1.01. The molecule has 2 heterocycles. The van der Waals surface area contributed by atoms with Crippen LogP contribution in [0.2, 0.25) is 0 Å². The summed E-state index contributed by atoms with van der Waals surface area (Å²) in [5, 5.41) is 11.2. The minimum atomic E-state index is -1.30. The van der Waals surface area contributed by atoms with Gasteiger partial charge in [-0.1, -0.05) is 60.7 Å². The number of benzene rings is 2. The molecule has 2 aromatic carbocycles. The fourth-order valence-corrected chi connectivity index (χ4v) is 4.48. The molecule has 3 atom stereocenters. The molecule has 2 aromatic rings. The first-order valence-corrected chi connectivity index (χ1v) is 11.1. The van der Waals surface area contributed by atoms with Crippen molar-refractivity contribution in [1.29, 1.82) is 0 Å². The van der Waals surface area contributed by atoms with Gasteiger partial charge < -0.3 is 19.5 Å². The topological polar surface area (TPSA) is 76.1 Å². The molecule has 1 N–H and O–H groups in total. The van der Waals surface area contributed by atoms with Gasteiger partial charge in [-0.05, 0) is 36.8 Å². The van der Waals surface area contributed by atoms with Crippen molar-refractivity contribution in [3.8, 4) is 0 Å². The number of ether oxygens (including phenoxy) is 2. The third-order valence-corrected chi connectivity index (χ3v) is 6.08. The molecular weight excluding hydrogens is 394 g/mol. The number of carbonyl (C=O) groups is 2. The van der Waals surface area contributed by atoms with Crippen LogP contribution in [0.15, 0.2) is 60.7 Å². The molecule has 2 saturated heterocycles. The lowest BCUT2D eigenvalue weighted by Gasteiger charge is -2.31. The summed E-state index contributed by atoms with van der Waals surface area (Å²) < 4.78 is 11.0. The van der Waals surface area contributed by atoms with Gasteiger partial charge in [0.05, 0.1) is 6.61 Å². The Kier molecular flexibility index (Phi) is 6.99. The Morgan fingerprint density at radius 3 is 2.16 bits per heavy atom. The Labute approximate surface area is 182 Å². The molecule has 0 saturated carbocycles. The predicted molar refractivity (Wildman–Crippen MR) is 115 cm³/mol. The normalized spacial score (nSPS) is 22.3. The summed E-state index contributed by atoms with van der Waals surface area (Å²) >= 11 is 0. The van der Waals surface area contributed by atoms with E-state index in [0.29, 0.717) is 32.4 Å². The van der Waals surface area contributed by atoms with Crippen LogP contribution in [0.1, 0.15) is 49.1 Å². The maximum Gasteiger partial charge on any atom is 0.331 e. The largest absolute Gasteiger partial charge is 0.434 e. The third kappa shape index (κ3) is 4.97. The molecule has 4 rings (SSSR count). The van der Waals surface area contributed by atoms with Crippen molar-refractivity contribution in [3.05, 3.63) is 71.8 Å². The minimum Gasteiger partial charge on any atom is -0.434 e. The average Bonchev–Trinajstić information content (AvgIpc) is 3.31. The van der Waals surface area contributed by atoms with Gasteiger partial charge >= 0.3 is 5.97 Å². The van der Waals surface area contributed by atoms with E-state index < -0.39 is 36.2 Å². The SMILES string of the molecule is O=C(OC1CCCCO1)[C@@H]1CCCN1C(=O)C(O)C(c1ccccc1)c1ccccc1. The van der Waals surface area contributed by atoms with E-state index in [4.69, 9.17) is 9.47 Å². The van der Waals surface area contributed by atoms with Crippen LogP contribution >= 0.6 is 0 Å². The van der Waals surface area contributed by atoms with Gasteiger partial charge in [0.2, 0.25) is 6.29 Å². The quantitative estimate of drug-likeness (QED) is 0.722. The summed E-state index contributed by atoms with van der Waals surface area (Å²) in [5.74, 6) is -1.41. The third-order valence-electron chi connectivity index (χ3n) is 6.08. The molecular formula is C25H29NO5. The van der Waals surface area contributed by atoms with E-state index in [1.54, 1.807) is 0 Å². The van der Waals surface area contributed by atoms with Gasteiger partial charge in [0.1, 0.15) is 12.1 Å². The number of nitrogens with zero attached hydrogens (tertiary/aromatic N) is 1. The standard InChI is InChI=1S/C25H29NO5/c27-23(22(18-10-3-1-4-11-18)19-12-5-2-6-13-19)24(28)26-16-9-14-20(26)25(29)31-21-15-7-8-17-30-21/h1-6,10-13,20-23,27H,7-9,14-17H2/t20-,21?,23?/m0/s1. The summed E-state index contributed by atoms with van der Waals surface area (Å²) in [4.78, 5) is 27.6. The number of amides is 1. The molecule has 0 aliphatic carbocycles. The molecule has 0 spiro atoms. The number of aliphatic hydroxyl groups excluding tert-OH is 1. The molecule has 31 heavy (non-hydrogen) atoms. The maximum absolute atomic E-state index is 13.4. The molecule has 6 heteroatoms. The van der Waals surface area contributed by atoms with E-state index in [9.17, 15) is 14.7 Å². The molecule has 2 aliphatic rings. The van der Waals surface area contributed by atoms with Crippen LogP contribution < -0.4 is 0 Å². The Hall–Kier alpha value is -2.70. The van der Waals surface area contributed by atoms with Crippen molar-refractivity contribution in [2.75, 3.05) is 13.2 Å². The Morgan fingerprint density at radius 2 is 1.58 bits per heavy atom. The molecule has 6 nitrogen and oxygen atoms in total. The fourth-order valence-electron chi connectivity index (χ4n) is 4.48. The van der Waals surface area contributed by atoms with E-state index in [0.717, 1.165) is 24.0 Å². The second-order valence-corrected chi connectivity index (χ2v) is 8.17. The fraction of sp³-hybridized carbons (Fsp3) is 0.440. The highest BCUT2D eigenvalue weighted by Gasteiger charge is 2.41. The molecule has 164 valence electrons. The van der Waals surface area contributed by atoms with Crippen molar-refractivity contribution in [2.24, 2.45) is 0 Å². The highest BCUT2D eigenvalue weighted by atomic mass is 16.7. The van der Waals surface area contributed by atoms with Gasteiger partial charge in [0, 0.05) is 18.9 Å². The molecule has 0 bridgehead atoms. The van der Waals surface area contributed by atoms with Crippen molar-refractivity contribution in [2.45, 2.75) is 56.5 Å². The Morgan fingerprint density at radius 1 is 0.935 bits per heavy atom. The number of rotatable bonds is 6. The first kappa shape index (κ1) is 21.5. The van der Waals surface area contributed by atoms with E-state index in [2.05, 4.69) is 0 Å². The first-order valence-electron chi connectivity index (χ1n) is 11.1. The Balaban J connectivity index is 1.52. The summed E-state index contributed by atoms with van der Waals surface area (Å²) in [6.07, 6.45) is 2.00. The molecule has 0 radical (unpaired) electrons. The summed E-state index contributed by atoms with van der Waals surface area (Å²) in [7, 11) is 0. The lowest BCUT2D eigenvalue weighted by Crippen LogP contribution is -2.48. The van der Waals surface area contributed by atoms with Crippen LogP contribution in [0.4, 0.5) is 0 Å². The summed E-state index contributed by atoms with van der Waals surface area (Å²) in [6, 6.07) is 18.3. The van der Waals surface area contributed by atoms with Crippen molar-refractivity contribution in [3.63, 3.8) is 0 Å². The van der Waals surface area contributed by atoms with Crippen molar-refractivity contribution in [1.82, 2.24) is 4.90 Å². The smallest absolute Gasteiger partial charge is 0.331 e. The van der Waals surface area contributed by atoms with Crippen LogP contribution in [0, 0.1) is 0 Å². The molecule has 0 aromatic heterocycles. The van der Waals surface area contributed by atoms with Crippen molar-refractivity contribution >= 4 is 11.9 Å². The lowest BCUT2D eigenvalue weighted by molar-refractivity contribution is -0.192. The number of aliphatic hydroxyl groups is 1. The zero-order valence-corrected chi connectivity index (χ0v) is 17.6. The molecule has 2 aliphatic heterocycles. The monoisotopic (exact) mass is 423 g/mol. The minimum absolute atomic E-state index is 0.428. The highest BCUT2D eigenvalue weighted by Crippen LogP contribution is 2.31. The van der Waals surface area contributed by atoms with Crippen LogP contribution in [0.5, 0.6) is 0 Å². The van der Waals surface area contributed by atoms with E-state index in [1.165, 1.54) is 4.90 Å². The lowest BCUT2D eigenvalue weighted by atomic mass is 9.86. The number of likely N-dealkylation sites (tertiary alicyclic amines) is 1. The zero-order chi connectivity index (χ0) is 21.6. The second-order valence-electron chi connectivity index (χ2n) is 8.17. The maximum atomic E-state index is 13.4. The van der Waals surface area contributed by atoms with Crippen LogP contribution in [0.25, 0.3) is 0 Å². The van der Waals surface area contributed by atoms with Crippen molar-refractivity contribution < 1.29 is 24.2 Å². The first-order chi connectivity index (χ1) is 15.1. The number of esters is 1. The van der Waals surface area contributed by atoms with Gasteiger partial charge in [-0.2, -0.15) is 0 Å². The van der Waals surface area contributed by atoms with E-state index >= 15 is 0 Å². The molecule has 2 unspecified atom stereocenters. The van der Waals surface area contributed by atoms with Gasteiger partial charge in [-0.3, -0.25) is 4.79 Å². The van der Waals surface area contributed by atoms with Crippen LogP contribution in [-0.2, 0) is 19.1 Å². The number of hydrogen-bond acceptors (Lipinski definition) is 5. The number of carbonyl (C=O) groups excluding carboxylic acids is 2. The van der Waals surface area contributed by atoms with Gasteiger partial charge in [0.25, 0.3) is 5.91 Å². The van der Waals surface area contributed by atoms with Crippen LogP contribution in [0.3, 0.4) is 0 Å². The molecule has 2 fully saturated rings. The Bertz CT molecular complexity index is 826.